The molecule has 0 fully saturated rings. The van der Waals surface area contributed by atoms with E-state index in [1.807, 2.05) is 0 Å². The van der Waals surface area contributed by atoms with Gasteiger partial charge in [0.25, 0.3) is 0 Å². The van der Waals surface area contributed by atoms with Gasteiger partial charge in [0.15, 0.2) is 0 Å². The monoisotopic (exact) mass is 296 g/mol. The minimum Gasteiger partial charge on any atom is -0.497 e. The number of benzene rings is 1. The second kappa shape index (κ2) is 5.75. The largest absolute Gasteiger partial charge is 0.497 e. The standard InChI is InChI=1S/C13H10ClFN2O3/c1-20-8-2-3-10(15)11(5-8)17-12-9(14)4-7(6-16-12)13(18)19/h2-6H,1H3,(H,16,17)(H,18,19). The van der Waals surface area contributed by atoms with Crippen LogP contribution in [0.4, 0.5) is 15.9 Å². The van der Waals surface area contributed by atoms with Gasteiger partial charge in [-0.05, 0) is 18.2 Å². The van der Waals surface area contributed by atoms with E-state index in [1.165, 1.54) is 31.4 Å². The Hall–Kier alpha value is -2.34. The Morgan fingerprint density at radius 3 is 2.80 bits per heavy atom. The lowest BCUT2D eigenvalue weighted by Crippen LogP contribution is -2.01. The topological polar surface area (TPSA) is 71.5 Å². The van der Waals surface area contributed by atoms with Crippen molar-refractivity contribution in [3.05, 3.63) is 46.9 Å². The molecule has 2 N–H and O–H groups in total. The molecule has 1 heterocycles. The first kappa shape index (κ1) is 14.1. The van der Waals surface area contributed by atoms with Crippen molar-refractivity contribution in [1.29, 1.82) is 0 Å². The van der Waals surface area contributed by atoms with Crippen LogP contribution in [0.3, 0.4) is 0 Å². The number of ether oxygens (including phenoxy) is 1. The molecule has 0 unspecified atom stereocenters. The number of nitrogens with one attached hydrogen (secondary N) is 1. The third kappa shape index (κ3) is 2.97. The summed E-state index contributed by atoms with van der Waals surface area (Å²) in [6.07, 6.45) is 1.13. The molecule has 0 aliphatic carbocycles. The molecule has 5 nitrogen and oxygen atoms in total. The van der Waals surface area contributed by atoms with E-state index in [0.717, 1.165) is 6.20 Å². The van der Waals surface area contributed by atoms with E-state index >= 15 is 0 Å². The molecule has 0 saturated carbocycles. The molecule has 104 valence electrons. The number of nitrogens with zero attached hydrogens (tertiary/aromatic N) is 1. The predicted octanol–water partition coefficient (Wildman–Crippen LogP) is 3.32. The molecular weight excluding hydrogens is 287 g/mol. The van der Waals surface area contributed by atoms with Gasteiger partial charge in [-0.1, -0.05) is 11.6 Å². The van der Waals surface area contributed by atoms with E-state index in [-0.39, 0.29) is 22.1 Å². The number of aromatic nitrogens is 1. The van der Waals surface area contributed by atoms with Gasteiger partial charge in [-0.3, -0.25) is 0 Å². The summed E-state index contributed by atoms with van der Waals surface area (Å²) in [5, 5.41) is 11.6. The Balaban J connectivity index is 2.32. The number of carboxylic acids is 1. The van der Waals surface area contributed by atoms with Gasteiger partial charge in [0.2, 0.25) is 0 Å². The van der Waals surface area contributed by atoms with Gasteiger partial charge in [-0.2, -0.15) is 0 Å². The van der Waals surface area contributed by atoms with Gasteiger partial charge in [-0.15, -0.1) is 0 Å². The van der Waals surface area contributed by atoms with Crippen molar-refractivity contribution in [1.82, 2.24) is 4.98 Å². The van der Waals surface area contributed by atoms with Crippen LogP contribution in [0.25, 0.3) is 0 Å². The molecular formula is C13H10ClFN2O3. The molecule has 2 rings (SSSR count). The molecule has 1 aromatic carbocycles. The van der Waals surface area contributed by atoms with Gasteiger partial charge in [0.1, 0.15) is 17.4 Å². The fraction of sp³-hybridized carbons (Fsp3) is 0.0769. The number of hydrogen-bond donors (Lipinski definition) is 2. The Bertz CT molecular complexity index is 664. The molecule has 0 aliphatic heterocycles. The van der Waals surface area contributed by atoms with Crippen molar-refractivity contribution in [2.75, 3.05) is 12.4 Å². The van der Waals surface area contributed by atoms with Crippen molar-refractivity contribution in [2.24, 2.45) is 0 Å². The van der Waals surface area contributed by atoms with E-state index in [1.54, 1.807) is 0 Å². The minimum atomic E-state index is -1.14. The van der Waals surface area contributed by atoms with Gasteiger partial charge in [0.05, 0.1) is 23.4 Å². The van der Waals surface area contributed by atoms with Crippen LogP contribution in [0.5, 0.6) is 5.75 Å². The van der Waals surface area contributed by atoms with E-state index in [4.69, 9.17) is 21.4 Å². The Kier molecular flexibility index (Phi) is 4.05. The molecule has 7 heteroatoms. The van der Waals surface area contributed by atoms with E-state index in [2.05, 4.69) is 10.3 Å². The number of carbonyl (C=O) groups is 1. The summed E-state index contributed by atoms with van der Waals surface area (Å²) in [6, 6.07) is 5.39. The van der Waals surface area contributed by atoms with Crippen LogP contribution in [0.15, 0.2) is 30.5 Å². The summed E-state index contributed by atoms with van der Waals surface area (Å²) >= 11 is 5.91. The van der Waals surface area contributed by atoms with Gasteiger partial charge in [0, 0.05) is 12.3 Å². The van der Waals surface area contributed by atoms with Crippen LogP contribution >= 0.6 is 11.6 Å². The molecule has 0 aliphatic rings. The second-order valence-electron chi connectivity index (χ2n) is 3.83. The first-order chi connectivity index (χ1) is 9.51. The molecule has 0 radical (unpaired) electrons. The van der Waals surface area contributed by atoms with Crippen molar-refractivity contribution in [3.63, 3.8) is 0 Å². The van der Waals surface area contributed by atoms with Crippen LogP contribution in [-0.4, -0.2) is 23.2 Å². The smallest absolute Gasteiger partial charge is 0.337 e. The highest BCUT2D eigenvalue weighted by atomic mass is 35.5. The van der Waals surface area contributed by atoms with Gasteiger partial charge >= 0.3 is 5.97 Å². The van der Waals surface area contributed by atoms with Crippen LogP contribution in [0.1, 0.15) is 10.4 Å². The van der Waals surface area contributed by atoms with Crippen LogP contribution in [0.2, 0.25) is 5.02 Å². The maximum Gasteiger partial charge on any atom is 0.337 e. The molecule has 1 aromatic heterocycles. The summed E-state index contributed by atoms with van der Waals surface area (Å²) in [5.74, 6) is -1.03. The number of hydrogen-bond acceptors (Lipinski definition) is 4. The van der Waals surface area contributed by atoms with Crippen LogP contribution in [-0.2, 0) is 0 Å². The second-order valence-corrected chi connectivity index (χ2v) is 4.24. The molecule has 0 atom stereocenters. The molecule has 2 aromatic rings. The third-order valence-corrected chi connectivity index (χ3v) is 2.80. The SMILES string of the molecule is COc1ccc(F)c(Nc2ncc(C(=O)O)cc2Cl)c1. The molecule has 0 spiro atoms. The lowest BCUT2D eigenvalue weighted by atomic mass is 10.2. The highest BCUT2D eigenvalue weighted by Crippen LogP contribution is 2.28. The highest BCUT2D eigenvalue weighted by Gasteiger charge is 2.11. The maximum absolute atomic E-state index is 13.6. The number of aromatic carboxylic acids is 1. The fourth-order valence-electron chi connectivity index (χ4n) is 1.50. The molecule has 20 heavy (non-hydrogen) atoms. The number of anilines is 2. The molecule has 0 bridgehead atoms. The Morgan fingerprint density at radius 2 is 2.20 bits per heavy atom. The minimum absolute atomic E-state index is 0.0494. The summed E-state index contributed by atoms with van der Waals surface area (Å²) in [5.41, 5.74) is 0.0773. The summed E-state index contributed by atoms with van der Waals surface area (Å²) in [4.78, 5) is 14.6. The normalized spacial score (nSPS) is 10.2. The zero-order valence-electron chi connectivity index (χ0n) is 10.4. The van der Waals surface area contributed by atoms with Gasteiger partial charge in [-0.25, -0.2) is 14.2 Å². The van der Waals surface area contributed by atoms with Crippen molar-refractivity contribution in [3.8, 4) is 5.75 Å². The van der Waals surface area contributed by atoms with Crippen LogP contribution in [0, 0.1) is 5.82 Å². The fourth-order valence-corrected chi connectivity index (χ4v) is 1.72. The summed E-state index contributed by atoms with van der Waals surface area (Å²) in [6.45, 7) is 0. The van der Waals surface area contributed by atoms with Gasteiger partial charge < -0.3 is 15.2 Å². The number of halogens is 2. The number of rotatable bonds is 4. The number of methoxy groups -OCH3 is 1. The predicted molar refractivity (Wildman–Crippen MR) is 72.4 cm³/mol. The number of pyridine rings is 1. The van der Waals surface area contributed by atoms with E-state index in [9.17, 15) is 9.18 Å². The summed E-state index contributed by atoms with van der Waals surface area (Å²) < 4.78 is 18.6. The lowest BCUT2D eigenvalue weighted by Gasteiger charge is -2.10. The van der Waals surface area contributed by atoms with Crippen molar-refractivity contribution >= 4 is 29.1 Å². The maximum atomic E-state index is 13.6. The lowest BCUT2D eigenvalue weighted by molar-refractivity contribution is 0.0696. The summed E-state index contributed by atoms with van der Waals surface area (Å²) in [7, 11) is 1.46. The zero-order valence-corrected chi connectivity index (χ0v) is 11.1. The Labute approximate surface area is 119 Å². The average Bonchev–Trinajstić information content (AvgIpc) is 2.43. The first-order valence-electron chi connectivity index (χ1n) is 5.50. The molecule has 0 saturated heterocycles. The van der Waals surface area contributed by atoms with Crippen molar-refractivity contribution < 1.29 is 19.0 Å². The zero-order chi connectivity index (χ0) is 14.7. The average molecular weight is 297 g/mol. The third-order valence-electron chi connectivity index (χ3n) is 2.51. The highest BCUT2D eigenvalue weighted by molar-refractivity contribution is 6.33. The van der Waals surface area contributed by atoms with E-state index in [0.29, 0.717) is 5.75 Å². The van der Waals surface area contributed by atoms with Crippen LogP contribution < -0.4 is 10.1 Å². The Morgan fingerprint density at radius 1 is 1.45 bits per heavy atom. The first-order valence-corrected chi connectivity index (χ1v) is 5.88. The molecule has 0 amide bonds. The van der Waals surface area contributed by atoms with Crippen molar-refractivity contribution in [2.45, 2.75) is 0 Å². The van der Waals surface area contributed by atoms with E-state index < -0.39 is 11.8 Å². The quantitative estimate of drug-likeness (QED) is 0.905. The number of carboxylic acid groups (broad SMARTS) is 1.